The maximum Gasteiger partial charge on any atom is 0.505 e. The summed E-state index contributed by atoms with van der Waals surface area (Å²) in [7, 11) is 0. The summed E-state index contributed by atoms with van der Waals surface area (Å²) in [4.78, 5) is 19.2. The van der Waals surface area contributed by atoms with Crippen molar-refractivity contribution in [2.75, 3.05) is 19.8 Å². The van der Waals surface area contributed by atoms with E-state index in [1.165, 1.54) is 0 Å². The quantitative estimate of drug-likeness (QED) is 0.441. The SMILES string of the molecule is CCO.O=C(O)OCCOC(=O)O. The van der Waals surface area contributed by atoms with Crippen LogP contribution < -0.4 is 0 Å². The van der Waals surface area contributed by atoms with Gasteiger partial charge in [-0.15, -0.1) is 0 Å². The number of aliphatic hydroxyl groups is 1. The second kappa shape index (κ2) is 10.5. The monoisotopic (exact) mass is 196 g/mol. The Morgan fingerprint density at radius 1 is 1.08 bits per heavy atom. The fourth-order valence-corrected chi connectivity index (χ4v) is 0.258. The van der Waals surface area contributed by atoms with Gasteiger partial charge in [0, 0.05) is 6.61 Å². The van der Waals surface area contributed by atoms with E-state index in [9.17, 15) is 9.59 Å². The predicted octanol–water partition coefficient (Wildman–Crippen LogP) is 0.374. The molecule has 0 aliphatic heterocycles. The Balaban J connectivity index is 0. The van der Waals surface area contributed by atoms with Gasteiger partial charge in [-0.1, -0.05) is 0 Å². The van der Waals surface area contributed by atoms with Gasteiger partial charge in [0.05, 0.1) is 0 Å². The highest BCUT2D eigenvalue weighted by molar-refractivity contribution is 5.57. The summed E-state index contributed by atoms with van der Waals surface area (Å²) >= 11 is 0. The van der Waals surface area contributed by atoms with Gasteiger partial charge in [-0.3, -0.25) is 0 Å². The fourth-order valence-electron chi connectivity index (χ4n) is 0.258. The Labute approximate surface area is 74.5 Å². The van der Waals surface area contributed by atoms with E-state index in [1.807, 2.05) is 0 Å². The molecule has 0 heterocycles. The largest absolute Gasteiger partial charge is 0.505 e. The van der Waals surface area contributed by atoms with Crippen LogP contribution in [0.5, 0.6) is 0 Å². The Morgan fingerprint density at radius 3 is 1.46 bits per heavy atom. The van der Waals surface area contributed by atoms with Crippen molar-refractivity contribution in [3.63, 3.8) is 0 Å². The molecule has 0 atom stereocenters. The predicted molar refractivity (Wildman–Crippen MR) is 40.7 cm³/mol. The molecule has 78 valence electrons. The van der Waals surface area contributed by atoms with Gasteiger partial charge in [0.1, 0.15) is 13.2 Å². The van der Waals surface area contributed by atoms with Crippen molar-refractivity contribution in [3.8, 4) is 0 Å². The van der Waals surface area contributed by atoms with E-state index in [4.69, 9.17) is 15.3 Å². The summed E-state index contributed by atoms with van der Waals surface area (Å²) in [5.41, 5.74) is 0. The van der Waals surface area contributed by atoms with Gasteiger partial charge in [0.25, 0.3) is 0 Å². The first-order chi connectivity index (χ1) is 6.04. The molecule has 0 spiro atoms. The number of hydrogen-bond acceptors (Lipinski definition) is 5. The summed E-state index contributed by atoms with van der Waals surface area (Å²) in [5.74, 6) is 0. The van der Waals surface area contributed by atoms with Crippen molar-refractivity contribution in [2.24, 2.45) is 0 Å². The molecule has 0 bridgehead atoms. The molecule has 0 aliphatic carbocycles. The molecule has 13 heavy (non-hydrogen) atoms. The van der Waals surface area contributed by atoms with Crippen LogP contribution in [0.3, 0.4) is 0 Å². The lowest BCUT2D eigenvalue weighted by Gasteiger charge is -1.98. The number of rotatable bonds is 3. The van der Waals surface area contributed by atoms with Crippen LogP contribution in [0.25, 0.3) is 0 Å². The average molecular weight is 196 g/mol. The highest BCUT2D eigenvalue weighted by Gasteiger charge is 1.98. The van der Waals surface area contributed by atoms with Crippen LogP contribution >= 0.6 is 0 Å². The molecule has 0 aliphatic rings. The summed E-state index contributed by atoms with van der Waals surface area (Å²) in [5, 5.41) is 23.3. The molecule has 7 nitrogen and oxygen atoms in total. The van der Waals surface area contributed by atoms with Gasteiger partial charge < -0.3 is 24.8 Å². The van der Waals surface area contributed by atoms with Crippen molar-refractivity contribution < 1.29 is 34.4 Å². The van der Waals surface area contributed by atoms with E-state index in [0.29, 0.717) is 0 Å². The Bertz CT molecular complexity index is 128. The van der Waals surface area contributed by atoms with Crippen LogP contribution in [-0.4, -0.2) is 47.5 Å². The van der Waals surface area contributed by atoms with Crippen LogP contribution in [0.1, 0.15) is 6.92 Å². The summed E-state index contributed by atoms with van der Waals surface area (Å²) in [6.45, 7) is 1.38. The van der Waals surface area contributed by atoms with Gasteiger partial charge in [0.2, 0.25) is 0 Å². The van der Waals surface area contributed by atoms with Gasteiger partial charge in [-0.05, 0) is 6.92 Å². The van der Waals surface area contributed by atoms with Crippen LogP contribution in [0, 0.1) is 0 Å². The van der Waals surface area contributed by atoms with Crippen LogP contribution in [0.15, 0.2) is 0 Å². The topological polar surface area (TPSA) is 113 Å². The van der Waals surface area contributed by atoms with E-state index in [1.54, 1.807) is 6.92 Å². The van der Waals surface area contributed by atoms with E-state index in [-0.39, 0.29) is 19.8 Å². The Hall–Kier alpha value is -1.50. The van der Waals surface area contributed by atoms with Crippen molar-refractivity contribution in [1.82, 2.24) is 0 Å². The third-order valence-corrected chi connectivity index (χ3v) is 0.534. The molecular formula is C6H12O7. The Morgan fingerprint density at radius 2 is 1.31 bits per heavy atom. The molecule has 0 radical (unpaired) electrons. The molecule has 7 heteroatoms. The molecule has 0 rings (SSSR count). The third-order valence-electron chi connectivity index (χ3n) is 0.534. The average Bonchev–Trinajstić information content (AvgIpc) is 1.99. The molecule has 0 aromatic rings. The van der Waals surface area contributed by atoms with Gasteiger partial charge in [-0.2, -0.15) is 0 Å². The fraction of sp³-hybridized carbons (Fsp3) is 0.667. The summed E-state index contributed by atoms with van der Waals surface area (Å²) < 4.78 is 7.84. The number of aliphatic hydroxyl groups excluding tert-OH is 1. The minimum Gasteiger partial charge on any atom is -0.450 e. The lowest BCUT2D eigenvalue weighted by Crippen LogP contribution is -2.10. The molecule has 0 amide bonds. The molecule has 0 unspecified atom stereocenters. The molecule has 0 fully saturated rings. The smallest absolute Gasteiger partial charge is 0.450 e. The second-order valence-electron chi connectivity index (χ2n) is 1.54. The van der Waals surface area contributed by atoms with Crippen LogP contribution in [0.2, 0.25) is 0 Å². The summed E-state index contributed by atoms with van der Waals surface area (Å²) in [6, 6.07) is 0. The van der Waals surface area contributed by atoms with Gasteiger partial charge in [0.15, 0.2) is 0 Å². The van der Waals surface area contributed by atoms with Crippen molar-refractivity contribution >= 4 is 12.3 Å². The maximum absolute atomic E-state index is 9.62. The number of ether oxygens (including phenoxy) is 2. The number of carboxylic acid groups (broad SMARTS) is 2. The lowest BCUT2D eigenvalue weighted by atomic mass is 10.8. The molecule has 0 saturated carbocycles. The van der Waals surface area contributed by atoms with E-state index >= 15 is 0 Å². The normalized spacial score (nSPS) is 7.85. The zero-order chi connectivity index (χ0) is 10.7. The van der Waals surface area contributed by atoms with E-state index in [0.717, 1.165) is 0 Å². The second-order valence-corrected chi connectivity index (χ2v) is 1.54. The summed E-state index contributed by atoms with van der Waals surface area (Å²) in [6.07, 6.45) is -2.90. The number of carbonyl (C=O) groups is 2. The van der Waals surface area contributed by atoms with Crippen molar-refractivity contribution in [2.45, 2.75) is 6.92 Å². The third kappa shape index (κ3) is 25.1. The van der Waals surface area contributed by atoms with Gasteiger partial charge in [-0.25, -0.2) is 9.59 Å². The zero-order valence-electron chi connectivity index (χ0n) is 7.10. The molecular weight excluding hydrogens is 184 g/mol. The highest BCUT2D eigenvalue weighted by Crippen LogP contribution is 1.79. The highest BCUT2D eigenvalue weighted by atomic mass is 16.7. The van der Waals surface area contributed by atoms with E-state index in [2.05, 4.69) is 9.47 Å². The van der Waals surface area contributed by atoms with E-state index < -0.39 is 12.3 Å². The minimum atomic E-state index is -1.45. The minimum absolute atomic E-state index is 0.250. The molecule has 0 aromatic carbocycles. The molecule has 0 saturated heterocycles. The van der Waals surface area contributed by atoms with Crippen LogP contribution in [0.4, 0.5) is 9.59 Å². The molecule has 0 aromatic heterocycles. The first kappa shape index (κ1) is 14.0. The molecule has 3 N–H and O–H groups in total. The lowest BCUT2D eigenvalue weighted by molar-refractivity contribution is 0.0472. The van der Waals surface area contributed by atoms with Crippen molar-refractivity contribution in [3.05, 3.63) is 0 Å². The van der Waals surface area contributed by atoms with Crippen LogP contribution in [-0.2, 0) is 9.47 Å². The zero-order valence-corrected chi connectivity index (χ0v) is 7.10. The van der Waals surface area contributed by atoms with Crippen molar-refractivity contribution in [1.29, 1.82) is 0 Å². The standard InChI is InChI=1S/C4H6O6.C2H6O/c5-3(6)9-1-2-10-4(7)8;1-2-3/h1-2H2,(H,5,6)(H,7,8);3H,2H2,1H3. The first-order valence-electron chi connectivity index (χ1n) is 3.36. The Kier molecular flexibility index (Phi) is 11.3. The maximum atomic E-state index is 9.62. The van der Waals surface area contributed by atoms with Gasteiger partial charge >= 0.3 is 12.3 Å². The first-order valence-corrected chi connectivity index (χ1v) is 3.36. The number of hydrogen-bond donors (Lipinski definition) is 3.